The van der Waals surface area contributed by atoms with Crippen LogP contribution in [-0.2, 0) is 16.1 Å². The predicted molar refractivity (Wildman–Crippen MR) is 123 cm³/mol. The number of rotatable bonds is 8. The molecular weight excluding hydrogens is 418 g/mol. The van der Waals surface area contributed by atoms with E-state index in [1.54, 1.807) is 30.6 Å². The van der Waals surface area contributed by atoms with Gasteiger partial charge in [0.1, 0.15) is 11.5 Å². The smallest absolute Gasteiger partial charge is 0.295 e. The minimum absolute atomic E-state index is 0.0424. The molecule has 2 aromatic heterocycles. The SMILES string of the molecule is CCCCOc1cccc(C2/C(=C(\O)c3ccncc3)C(=O)C(=O)N2Cc2cccnc2)c1. The monoisotopic (exact) mass is 443 g/mol. The van der Waals surface area contributed by atoms with Crippen LogP contribution in [0.1, 0.15) is 42.5 Å². The Bertz CT molecular complexity index is 1160. The topological polar surface area (TPSA) is 92.6 Å². The van der Waals surface area contributed by atoms with Crippen LogP contribution in [0.5, 0.6) is 5.75 Å². The lowest BCUT2D eigenvalue weighted by molar-refractivity contribution is -0.140. The van der Waals surface area contributed by atoms with Gasteiger partial charge in [-0.25, -0.2) is 0 Å². The highest BCUT2D eigenvalue weighted by atomic mass is 16.5. The molecule has 7 heteroatoms. The molecule has 0 bridgehead atoms. The van der Waals surface area contributed by atoms with Crippen LogP contribution in [-0.4, -0.2) is 38.3 Å². The number of ketones is 1. The van der Waals surface area contributed by atoms with Crippen molar-refractivity contribution in [2.75, 3.05) is 6.61 Å². The molecule has 1 amide bonds. The summed E-state index contributed by atoms with van der Waals surface area (Å²) in [4.78, 5) is 35.8. The van der Waals surface area contributed by atoms with Crippen molar-refractivity contribution in [3.63, 3.8) is 0 Å². The van der Waals surface area contributed by atoms with Crippen LogP contribution in [0.3, 0.4) is 0 Å². The molecule has 1 fully saturated rings. The van der Waals surface area contributed by atoms with E-state index >= 15 is 0 Å². The number of aliphatic hydroxyl groups excluding tert-OH is 1. The standard InChI is InChI=1S/C26H25N3O4/c1-2-3-14-33-21-8-4-7-20(15-21)23-22(24(30)19-9-12-27-13-10-19)25(31)26(32)29(23)17-18-6-5-11-28-16-18/h4-13,15-16,23,30H,2-3,14,17H2,1H3/b24-22+. The van der Waals surface area contributed by atoms with Gasteiger partial charge in [-0.1, -0.05) is 31.5 Å². The third-order valence-corrected chi connectivity index (χ3v) is 5.51. The van der Waals surface area contributed by atoms with Crippen molar-refractivity contribution in [3.8, 4) is 5.75 Å². The number of unbranched alkanes of at least 4 members (excludes halogenated alkanes) is 1. The van der Waals surface area contributed by atoms with Crippen LogP contribution in [0.4, 0.5) is 0 Å². The number of aliphatic hydroxyl groups is 1. The van der Waals surface area contributed by atoms with Gasteiger partial charge in [0.05, 0.1) is 18.2 Å². The van der Waals surface area contributed by atoms with Crippen LogP contribution in [0.2, 0.25) is 0 Å². The number of amides is 1. The second-order valence-electron chi connectivity index (χ2n) is 7.80. The van der Waals surface area contributed by atoms with E-state index in [9.17, 15) is 14.7 Å². The fourth-order valence-corrected chi connectivity index (χ4v) is 3.85. The zero-order valence-corrected chi connectivity index (χ0v) is 18.3. The van der Waals surface area contributed by atoms with E-state index in [-0.39, 0.29) is 17.9 Å². The highest BCUT2D eigenvalue weighted by molar-refractivity contribution is 6.46. The molecule has 0 saturated carbocycles. The molecule has 1 atom stereocenters. The van der Waals surface area contributed by atoms with Crippen molar-refractivity contribution in [3.05, 3.63) is 95.6 Å². The maximum Gasteiger partial charge on any atom is 0.295 e. The normalized spacial score (nSPS) is 17.4. The van der Waals surface area contributed by atoms with E-state index in [2.05, 4.69) is 16.9 Å². The molecule has 1 saturated heterocycles. The molecule has 1 unspecified atom stereocenters. The number of aromatic nitrogens is 2. The van der Waals surface area contributed by atoms with E-state index in [1.807, 2.05) is 30.3 Å². The van der Waals surface area contributed by atoms with E-state index in [0.29, 0.717) is 23.5 Å². The van der Waals surface area contributed by atoms with Gasteiger partial charge in [-0.3, -0.25) is 19.6 Å². The summed E-state index contributed by atoms with van der Waals surface area (Å²) in [6, 6.07) is 13.4. The molecule has 3 heterocycles. The fourth-order valence-electron chi connectivity index (χ4n) is 3.85. The first-order chi connectivity index (χ1) is 16.1. The molecule has 1 aliphatic rings. The van der Waals surface area contributed by atoms with Gasteiger partial charge in [-0.2, -0.15) is 0 Å². The van der Waals surface area contributed by atoms with Crippen molar-refractivity contribution < 1.29 is 19.4 Å². The predicted octanol–water partition coefficient (Wildman–Crippen LogP) is 4.28. The molecule has 1 aliphatic heterocycles. The maximum absolute atomic E-state index is 13.1. The van der Waals surface area contributed by atoms with Gasteiger partial charge >= 0.3 is 0 Å². The molecule has 0 spiro atoms. The number of pyridine rings is 2. The van der Waals surface area contributed by atoms with Crippen LogP contribution >= 0.6 is 0 Å². The number of carbonyl (C=O) groups is 2. The highest BCUT2D eigenvalue weighted by Crippen LogP contribution is 2.41. The number of likely N-dealkylation sites (tertiary alicyclic amines) is 1. The summed E-state index contributed by atoms with van der Waals surface area (Å²) in [6.07, 6.45) is 8.29. The van der Waals surface area contributed by atoms with E-state index in [0.717, 1.165) is 18.4 Å². The van der Waals surface area contributed by atoms with Crippen molar-refractivity contribution in [2.24, 2.45) is 0 Å². The largest absolute Gasteiger partial charge is 0.507 e. The van der Waals surface area contributed by atoms with Crippen LogP contribution in [0.25, 0.3) is 5.76 Å². The summed E-state index contributed by atoms with van der Waals surface area (Å²) < 4.78 is 5.85. The quantitative estimate of drug-likeness (QED) is 0.242. The van der Waals surface area contributed by atoms with Gasteiger partial charge in [-0.05, 0) is 47.9 Å². The Labute approximate surface area is 192 Å². The Kier molecular flexibility index (Phi) is 6.78. The molecule has 1 aromatic carbocycles. The second-order valence-corrected chi connectivity index (χ2v) is 7.80. The lowest BCUT2D eigenvalue weighted by atomic mass is 9.95. The van der Waals surface area contributed by atoms with Crippen molar-refractivity contribution in [1.82, 2.24) is 14.9 Å². The number of Topliss-reactive ketones (excluding diaryl/α,β-unsaturated/α-hetero) is 1. The minimum atomic E-state index is -0.770. The van der Waals surface area contributed by atoms with E-state index < -0.39 is 17.7 Å². The third kappa shape index (κ3) is 4.77. The first kappa shape index (κ1) is 22.2. The summed E-state index contributed by atoms with van der Waals surface area (Å²) in [6.45, 7) is 2.84. The number of hydrogen-bond donors (Lipinski definition) is 1. The van der Waals surface area contributed by atoms with Gasteiger partial charge in [0.25, 0.3) is 11.7 Å². The van der Waals surface area contributed by atoms with Crippen molar-refractivity contribution >= 4 is 17.4 Å². The minimum Gasteiger partial charge on any atom is -0.507 e. The molecular formula is C26H25N3O4. The van der Waals surface area contributed by atoms with Crippen LogP contribution in [0, 0.1) is 0 Å². The lowest BCUT2D eigenvalue weighted by Gasteiger charge is -2.25. The van der Waals surface area contributed by atoms with Crippen molar-refractivity contribution in [1.29, 1.82) is 0 Å². The Morgan fingerprint density at radius 1 is 1.06 bits per heavy atom. The number of benzene rings is 1. The van der Waals surface area contributed by atoms with Gasteiger partial charge in [0, 0.05) is 36.9 Å². The number of ether oxygens (including phenoxy) is 1. The van der Waals surface area contributed by atoms with E-state index in [4.69, 9.17) is 4.74 Å². The second kappa shape index (κ2) is 10.1. The van der Waals surface area contributed by atoms with Gasteiger partial charge in [0.15, 0.2) is 0 Å². The average Bonchev–Trinajstić information content (AvgIpc) is 3.10. The summed E-state index contributed by atoms with van der Waals surface area (Å²) in [5, 5.41) is 11.1. The zero-order chi connectivity index (χ0) is 23.2. The molecule has 4 rings (SSSR count). The first-order valence-electron chi connectivity index (χ1n) is 10.9. The lowest BCUT2D eigenvalue weighted by Crippen LogP contribution is -2.29. The van der Waals surface area contributed by atoms with E-state index in [1.165, 1.54) is 17.3 Å². The zero-order valence-electron chi connectivity index (χ0n) is 18.3. The van der Waals surface area contributed by atoms with Gasteiger partial charge in [0.2, 0.25) is 0 Å². The van der Waals surface area contributed by atoms with Crippen LogP contribution in [0.15, 0.2) is 78.9 Å². The summed E-state index contributed by atoms with van der Waals surface area (Å²) in [5.41, 5.74) is 1.93. The number of hydrogen-bond acceptors (Lipinski definition) is 6. The molecule has 3 aromatic rings. The Morgan fingerprint density at radius 2 is 1.88 bits per heavy atom. The fraction of sp³-hybridized carbons (Fsp3) is 0.231. The van der Waals surface area contributed by atoms with Gasteiger partial charge in [-0.15, -0.1) is 0 Å². The Balaban J connectivity index is 1.80. The maximum atomic E-state index is 13.1. The summed E-state index contributed by atoms with van der Waals surface area (Å²) in [5.74, 6) is -0.976. The molecule has 0 radical (unpaired) electrons. The van der Waals surface area contributed by atoms with Crippen molar-refractivity contribution in [2.45, 2.75) is 32.4 Å². The van der Waals surface area contributed by atoms with Gasteiger partial charge < -0.3 is 14.7 Å². The molecule has 168 valence electrons. The highest BCUT2D eigenvalue weighted by Gasteiger charge is 2.46. The molecule has 7 nitrogen and oxygen atoms in total. The molecule has 0 aliphatic carbocycles. The summed E-state index contributed by atoms with van der Waals surface area (Å²) in [7, 11) is 0. The number of carbonyl (C=O) groups excluding carboxylic acids is 2. The average molecular weight is 444 g/mol. The summed E-state index contributed by atoms with van der Waals surface area (Å²) >= 11 is 0. The number of nitrogens with zero attached hydrogens (tertiary/aromatic N) is 3. The molecule has 1 N–H and O–H groups in total. The Hall–Kier alpha value is -4.00. The molecule has 33 heavy (non-hydrogen) atoms. The first-order valence-corrected chi connectivity index (χ1v) is 10.9. The third-order valence-electron chi connectivity index (χ3n) is 5.51. The Morgan fingerprint density at radius 3 is 2.61 bits per heavy atom. The van der Waals surface area contributed by atoms with Crippen LogP contribution < -0.4 is 4.74 Å².